The molecule has 0 spiro atoms. The predicted molar refractivity (Wildman–Crippen MR) is 80.9 cm³/mol. The van der Waals surface area contributed by atoms with Crippen molar-refractivity contribution in [1.29, 1.82) is 0 Å². The lowest BCUT2D eigenvalue weighted by Gasteiger charge is -2.09. The molecule has 0 saturated carbocycles. The Morgan fingerprint density at radius 1 is 1.25 bits per heavy atom. The van der Waals surface area contributed by atoms with Gasteiger partial charge in [0.2, 0.25) is 0 Å². The number of hydrogen-bond donors (Lipinski definition) is 0. The molecule has 0 radical (unpaired) electrons. The van der Waals surface area contributed by atoms with Crippen LogP contribution in [0.3, 0.4) is 0 Å². The lowest BCUT2D eigenvalue weighted by molar-refractivity contribution is -0.385. The second-order valence-corrected chi connectivity index (χ2v) is 5.09. The summed E-state index contributed by atoms with van der Waals surface area (Å²) >= 11 is 3.26. The highest BCUT2D eigenvalue weighted by Crippen LogP contribution is 2.29. The number of nitro groups is 1. The van der Waals surface area contributed by atoms with E-state index in [0.29, 0.717) is 4.47 Å². The quantitative estimate of drug-likeness (QED) is 0.597. The zero-order valence-electron chi connectivity index (χ0n) is 11.0. The second-order valence-electron chi connectivity index (χ2n) is 4.30. The Morgan fingerprint density at radius 2 is 2.00 bits per heavy atom. The molecule has 0 atom stereocenters. The van der Waals surface area contributed by atoms with Gasteiger partial charge in [-0.1, -0.05) is 31.2 Å². The van der Waals surface area contributed by atoms with Crippen LogP contribution in [0.4, 0.5) is 5.69 Å². The molecule has 2 rings (SSSR count). The first-order valence-electron chi connectivity index (χ1n) is 6.25. The zero-order chi connectivity index (χ0) is 14.5. The van der Waals surface area contributed by atoms with Gasteiger partial charge in [-0.2, -0.15) is 0 Å². The van der Waals surface area contributed by atoms with Gasteiger partial charge in [0, 0.05) is 11.6 Å². The number of hydrogen-bond acceptors (Lipinski definition) is 3. The first kappa shape index (κ1) is 14.5. The minimum Gasteiger partial charge on any atom is -0.489 e. The predicted octanol–water partition coefficient (Wildman–Crippen LogP) is 4.50. The maximum absolute atomic E-state index is 10.9. The standard InChI is InChI=1S/C15H14BrNO3/c1-2-11-5-3-7-13(9-11)20-10-12-6-4-8-14(15(12)16)17(18)19/h3-9H,2,10H2,1H3. The Hall–Kier alpha value is -1.88. The van der Waals surface area contributed by atoms with Gasteiger partial charge in [-0.3, -0.25) is 10.1 Å². The highest BCUT2D eigenvalue weighted by atomic mass is 79.9. The van der Waals surface area contributed by atoms with Gasteiger partial charge in [0.25, 0.3) is 5.69 Å². The van der Waals surface area contributed by atoms with Crippen LogP contribution < -0.4 is 4.74 Å². The number of ether oxygens (including phenoxy) is 1. The molecule has 20 heavy (non-hydrogen) atoms. The summed E-state index contributed by atoms with van der Waals surface area (Å²) in [5.74, 6) is 0.766. The molecule has 0 aromatic heterocycles. The summed E-state index contributed by atoms with van der Waals surface area (Å²) in [7, 11) is 0. The molecule has 2 aromatic carbocycles. The van der Waals surface area contributed by atoms with E-state index in [-0.39, 0.29) is 12.3 Å². The molecule has 0 N–H and O–H groups in total. The fourth-order valence-electron chi connectivity index (χ4n) is 1.83. The van der Waals surface area contributed by atoms with Crippen LogP contribution in [-0.4, -0.2) is 4.92 Å². The van der Waals surface area contributed by atoms with E-state index in [4.69, 9.17) is 4.74 Å². The summed E-state index contributed by atoms with van der Waals surface area (Å²) in [5, 5.41) is 10.9. The van der Waals surface area contributed by atoms with Gasteiger partial charge in [0.05, 0.1) is 4.92 Å². The molecule has 4 nitrogen and oxygen atoms in total. The Bertz CT molecular complexity index is 628. The third kappa shape index (κ3) is 3.36. The van der Waals surface area contributed by atoms with Crippen molar-refractivity contribution in [2.75, 3.05) is 0 Å². The first-order chi connectivity index (χ1) is 9.61. The number of nitro benzene ring substituents is 1. The molecule has 0 aliphatic carbocycles. The van der Waals surface area contributed by atoms with Gasteiger partial charge < -0.3 is 4.74 Å². The van der Waals surface area contributed by atoms with Gasteiger partial charge in [0.1, 0.15) is 16.8 Å². The summed E-state index contributed by atoms with van der Waals surface area (Å²) in [6, 6.07) is 12.8. The van der Waals surface area contributed by atoms with Crippen LogP contribution in [0.5, 0.6) is 5.75 Å². The van der Waals surface area contributed by atoms with Crippen LogP contribution in [0.1, 0.15) is 18.1 Å². The number of rotatable bonds is 5. The highest BCUT2D eigenvalue weighted by Gasteiger charge is 2.14. The van der Waals surface area contributed by atoms with Crippen molar-refractivity contribution >= 4 is 21.6 Å². The number of aryl methyl sites for hydroxylation is 1. The number of nitrogens with zero attached hydrogens (tertiary/aromatic N) is 1. The van der Waals surface area contributed by atoms with Gasteiger partial charge in [-0.25, -0.2) is 0 Å². The van der Waals surface area contributed by atoms with Crippen LogP contribution in [0.15, 0.2) is 46.9 Å². The van der Waals surface area contributed by atoms with E-state index in [0.717, 1.165) is 17.7 Å². The minimum absolute atomic E-state index is 0.0495. The van der Waals surface area contributed by atoms with E-state index in [2.05, 4.69) is 22.9 Å². The fraction of sp³-hybridized carbons (Fsp3) is 0.200. The molecular weight excluding hydrogens is 322 g/mol. The first-order valence-corrected chi connectivity index (χ1v) is 7.04. The van der Waals surface area contributed by atoms with Crippen molar-refractivity contribution in [2.45, 2.75) is 20.0 Å². The maximum Gasteiger partial charge on any atom is 0.283 e. The third-order valence-corrected chi connectivity index (χ3v) is 3.87. The largest absolute Gasteiger partial charge is 0.489 e. The lowest BCUT2D eigenvalue weighted by Crippen LogP contribution is -1.99. The van der Waals surface area contributed by atoms with E-state index < -0.39 is 4.92 Å². The Labute approximate surface area is 125 Å². The van der Waals surface area contributed by atoms with Crippen molar-refractivity contribution < 1.29 is 9.66 Å². The third-order valence-electron chi connectivity index (χ3n) is 2.96. The van der Waals surface area contributed by atoms with E-state index >= 15 is 0 Å². The summed E-state index contributed by atoms with van der Waals surface area (Å²) in [6.07, 6.45) is 0.942. The van der Waals surface area contributed by atoms with Crippen molar-refractivity contribution in [3.8, 4) is 5.75 Å². The van der Waals surface area contributed by atoms with Gasteiger partial charge >= 0.3 is 0 Å². The average Bonchev–Trinajstić information content (AvgIpc) is 2.46. The molecule has 5 heteroatoms. The molecule has 0 bridgehead atoms. The molecule has 2 aromatic rings. The SMILES string of the molecule is CCc1cccc(OCc2cccc([N+](=O)[O-])c2Br)c1. The number of halogens is 1. The van der Waals surface area contributed by atoms with Crippen LogP contribution in [0, 0.1) is 10.1 Å². The van der Waals surface area contributed by atoms with Gasteiger partial charge in [-0.15, -0.1) is 0 Å². The molecule has 0 aliphatic heterocycles. The highest BCUT2D eigenvalue weighted by molar-refractivity contribution is 9.10. The summed E-state index contributed by atoms with van der Waals surface area (Å²) < 4.78 is 6.17. The molecule has 0 amide bonds. The lowest BCUT2D eigenvalue weighted by atomic mass is 10.1. The van der Waals surface area contributed by atoms with Gasteiger partial charge in [-0.05, 0) is 40.0 Å². The zero-order valence-corrected chi connectivity index (χ0v) is 12.6. The van der Waals surface area contributed by atoms with Crippen LogP contribution in [0.25, 0.3) is 0 Å². The van der Waals surface area contributed by atoms with Crippen LogP contribution in [-0.2, 0) is 13.0 Å². The molecule has 0 saturated heterocycles. The molecule has 104 valence electrons. The summed E-state index contributed by atoms with van der Waals surface area (Å²) in [6.45, 7) is 2.37. The van der Waals surface area contributed by atoms with Crippen LogP contribution >= 0.6 is 15.9 Å². The average molecular weight is 336 g/mol. The Kier molecular flexibility index (Phi) is 4.74. The molecule has 0 heterocycles. The molecule has 0 unspecified atom stereocenters. The van der Waals surface area contributed by atoms with E-state index in [1.165, 1.54) is 11.6 Å². The van der Waals surface area contributed by atoms with Gasteiger partial charge in [0.15, 0.2) is 0 Å². The summed E-state index contributed by atoms with van der Waals surface area (Å²) in [5.41, 5.74) is 2.00. The van der Waals surface area contributed by atoms with E-state index in [1.807, 2.05) is 24.3 Å². The Morgan fingerprint density at radius 3 is 2.70 bits per heavy atom. The monoisotopic (exact) mass is 335 g/mol. The smallest absolute Gasteiger partial charge is 0.283 e. The Balaban J connectivity index is 2.14. The van der Waals surface area contributed by atoms with Crippen molar-refractivity contribution in [3.63, 3.8) is 0 Å². The minimum atomic E-state index is -0.411. The normalized spacial score (nSPS) is 10.3. The number of benzene rings is 2. The molecular formula is C15H14BrNO3. The fourth-order valence-corrected chi connectivity index (χ4v) is 2.36. The van der Waals surface area contributed by atoms with Crippen molar-refractivity contribution in [2.24, 2.45) is 0 Å². The molecule has 0 fully saturated rings. The van der Waals surface area contributed by atoms with Crippen molar-refractivity contribution in [3.05, 3.63) is 68.2 Å². The summed E-state index contributed by atoms with van der Waals surface area (Å²) in [4.78, 5) is 10.5. The van der Waals surface area contributed by atoms with E-state index in [1.54, 1.807) is 12.1 Å². The maximum atomic E-state index is 10.9. The molecule has 0 aliphatic rings. The van der Waals surface area contributed by atoms with Crippen LogP contribution in [0.2, 0.25) is 0 Å². The van der Waals surface area contributed by atoms with E-state index in [9.17, 15) is 10.1 Å². The van der Waals surface area contributed by atoms with Crippen molar-refractivity contribution in [1.82, 2.24) is 0 Å². The second kappa shape index (κ2) is 6.52. The topological polar surface area (TPSA) is 52.4 Å².